The summed E-state index contributed by atoms with van der Waals surface area (Å²) >= 11 is 3.40. The van der Waals surface area contributed by atoms with Gasteiger partial charge in [0.25, 0.3) is 0 Å². The van der Waals surface area contributed by atoms with Gasteiger partial charge >= 0.3 is 5.97 Å². The zero-order valence-corrected chi connectivity index (χ0v) is 19.9. The van der Waals surface area contributed by atoms with Crippen molar-refractivity contribution in [3.8, 4) is 17.6 Å². The summed E-state index contributed by atoms with van der Waals surface area (Å²) in [4.78, 5) is 12.2. The van der Waals surface area contributed by atoms with Crippen LogP contribution in [0.25, 0.3) is 0 Å². The van der Waals surface area contributed by atoms with Gasteiger partial charge in [-0.05, 0) is 63.6 Å². The fourth-order valence-corrected chi connectivity index (χ4v) is 4.25. The first-order valence-corrected chi connectivity index (χ1v) is 11.9. The van der Waals surface area contributed by atoms with Crippen molar-refractivity contribution in [2.24, 2.45) is 0 Å². The zero-order chi connectivity index (χ0) is 22.4. The van der Waals surface area contributed by atoms with Crippen LogP contribution in [0.3, 0.4) is 0 Å². The van der Waals surface area contributed by atoms with E-state index in [0.29, 0.717) is 23.3 Å². The van der Waals surface area contributed by atoms with E-state index in [-0.39, 0.29) is 17.3 Å². The van der Waals surface area contributed by atoms with Crippen molar-refractivity contribution in [2.45, 2.75) is 44.6 Å². The van der Waals surface area contributed by atoms with Crippen molar-refractivity contribution >= 4 is 31.7 Å². The van der Waals surface area contributed by atoms with Crippen molar-refractivity contribution in [1.29, 1.82) is 0 Å². The molecule has 5 nitrogen and oxygen atoms in total. The molecular formula is C23H25BrO5S. The van der Waals surface area contributed by atoms with Crippen LogP contribution in [-0.2, 0) is 19.4 Å². The number of hydrogen-bond donors (Lipinski definition) is 0. The van der Waals surface area contributed by atoms with E-state index >= 15 is 0 Å². The number of carbonyl (C=O) groups excluding carboxylic acids is 1. The molecule has 0 saturated heterocycles. The van der Waals surface area contributed by atoms with E-state index < -0.39 is 21.4 Å². The summed E-state index contributed by atoms with van der Waals surface area (Å²) in [6.07, 6.45) is 0.550. The third-order valence-corrected chi connectivity index (χ3v) is 6.13. The Labute approximate surface area is 186 Å². The topological polar surface area (TPSA) is 69.7 Å². The summed E-state index contributed by atoms with van der Waals surface area (Å²) in [6, 6.07) is 11.8. The Morgan fingerprint density at radius 2 is 1.83 bits per heavy atom. The summed E-state index contributed by atoms with van der Waals surface area (Å²) in [5.74, 6) is 6.04. The van der Waals surface area contributed by atoms with E-state index in [1.165, 1.54) is 0 Å². The van der Waals surface area contributed by atoms with Crippen LogP contribution in [0.2, 0.25) is 0 Å². The molecule has 0 aliphatic carbocycles. The second-order valence-electron chi connectivity index (χ2n) is 7.61. The Balaban J connectivity index is 2.25. The zero-order valence-electron chi connectivity index (χ0n) is 17.5. The molecule has 0 heterocycles. The van der Waals surface area contributed by atoms with Crippen molar-refractivity contribution in [2.75, 3.05) is 12.4 Å². The van der Waals surface area contributed by atoms with Gasteiger partial charge in [-0.25, -0.2) is 13.2 Å². The Morgan fingerprint density at radius 1 is 1.10 bits per heavy atom. The largest absolute Gasteiger partial charge is 0.481 e. The first kappa shape index (κ1) is 24.0. The number of esters is 1. The van der Waals surface area contributed by atoms with Gasteiger partial charge in [-0.1, -0.05) is 40.8 Å². The fraction of sp³-hybridized carbons (Fsp3) is 0.348. The molecule has 0 aliphatic heterocycles. The van der Waals surface area contributed by atoms with Gasteiger partial charge in [-0.3, -0.25) is 0 Å². The van der Waals surface area contributed by atoms with E-state index in [2.05, 4.69) is 27.8 Å². The van der Waals surface area contributed by atoms with Crippen molar-refractivity contribution in [3.63, 3.8) is 0 Å². The van der Waals surface area contributed by atoms with Crippen molar-refractivity contribution < 1.29 is 22.7 Å². The van der Waals surface area contributed by atoms with Crippen LogP contribution in [0.1, 0.15) is 45.2 Å². The number of benzene rings is 2. The Bertz CT molecular complexity index is 1070. The van der Waals surface area contributed by atoms with Crippen LogP contribution >= 0.6 is 15.9 Å². The van der Waals surface area contributed by atoms with Crippen LogP contribution < -0.4 is 4.74 Å². The molecule has 160 valence electrons. The second kappa shape index (κ2) is 10.1. The minimum Gasteiger partial charge on any atom is -0.481 e. The normalized spacial score (nSPS) is 11.4. The fourth-order valence-electron chi connectivity index (χ4n) is 2.53. The Hall–Kier alpha value is -2.30. The first-order valence-electron chi connectivity index (χ1n) is 9.49. The summed E-state index contributed by atoms with van der Waals surface area (Å²) in [7, 11) is -3.32. The summed E-state index contributed by atoms with van der Waals surface area (Å²) in [6.45, 7) is 6.95. The van der Waals surface area contributed by atoms with E-state index in [9.17, 15) is 13.2 Å². The third-order valence-electron chi connectivity index (χ3n) is 3.71. The standard InChI is InChI=1S/C23H25BrO5S/c1-5-13-30(26,27)20-8-6-7-17(14-20)9-10-18-15-19(24)11-12-21(18)28-16-22(25)29-23(2,3)4/h6-8,11-12,14-15H,5,13,16H2,1-4H3. The Kier molecular flexibility index (Phi) is 8.10. The number of sulfone groups is 1. The number of halogens is 1. The highest BCUT2D eigenvalue weighted by molar-refractivity contribution is 9.10. The number of carbonyl (C=O) groups is 1. The highest BCUT2D eigenvalue weighted by atomic mass is 79.9. The van der Waals surface area contributed by atoms with Crippen LogP contribution in [0.15, 0.2) is 51.8 Å². The van der Waals surface area contributed by atoms with Gasteiger partial charge in [-0.2, -0.15) is 0 Å². The summed E-state index contributed by atoms with van der Waals surface area (Å²) < 4.78 is 36.2. The molecule has 0 spiro atoms. The van der Waals surface area contributed by atoms with E-state index in [1.54, 1.807) is 63.2 Å². The molecule has 0 aliphatic rings. The lowest BCUT2D eigenvalue weighted by Gasteiger charge is -2.19. The summed E-state index contributed by atoms with van der Waals surface area (Å²) in [5, 5.41) is 0. The van der Waals surface area contributed by atoms with Crippen LogP contribution in [0, 0.1) is 11.8 Å². The molecule has 0 unspecified atom stereocenters. The molecule has 0 N–H and O–H groups in total. The maximum Gasteiger partial charge on any atom is 0.344 e. The second-order valence-corrected chi connectivity index (χ2v) is 10.6. The molecule has 0 radical (unpaired) electrons. The van der Waals surface area contributed by atoms with E-state index in [4.69, 9.17) is 9.47 Å². The average Bonchev–Trinajstić information content (AvgIpc) is 2.64. The number of ether oxygens (including phenoxy) is 2. The summed E-state index contributed by atoms with van der Waals surface area (Å²) in [5.41, 5.74) is 0.548. The molecule has 7 heteroatoms. The maximum absolute atomic E-state index is 12.3. The smallest absolute Gasteiger partial charge is 0.344 e. The molecule has 0 amide bonds. The lowest BCUT2D eigenvalue weighted by molar-refractivity contribution is -0.157. The molecule has 0 saturated carbocycles. The van der Waals surface area contributed by atoms with Gasteiger partial charge in [-0.15, -0.1) is 0 Å². The van der Waals surface area contributed by atoms with Crippen LogP contribution in [-0.4, -0.2) is 32.3 Å². The molecule has 0 aromatic heterocycles. The van der Waals surface area contributed by atoms with Gasteiger partial charge in [0.05, 0.1) is 16.2 Å². The average molecular weight is 493 g/mol. The molecule has 2 aromatic carbocycles. The lowest BCUT2D eigenvalue weighted by Crippen LogP contribution is -2.27. The highest BCUT2D eigenvalue weighted by Crippen LogP contribution is 2.23. The van der Waals surface area contributed by atoms with Gasteiger partial charge in [0.1, 0.15) is 11.4 Å². The molecule has 0 atom stereocenters. The number of hydrogen-bond acceptors (Lipinski definition) is 5. The van der Waals surface area contributed by atoms with Gasteiger partial charge in [0.2, 0.25) is 0 Å². The van der Waals surface area contributed by atoms with E-state index in [1.807, 2.05) is 6.92 Å². The quantitative estimate of drug-likeness (QED) is 0.429. The van der Waals surface area contributed by atoms with Gasteiger partial charge in [0, 0.05) is 10.0 Å². The molecular weight excluding hydrogens is 468 g/mol. The molecule has 0 fully saturated rings. The Morgan fingerprint density at radius 3 is 2.50 bits per heavy atom. The van der Waals surface area contributed by atoms with Gasteiger partial charge < -0.3 is 9.47 Å². The van der Waals surface area contributed by atoms with Crippen molar-refractivity contribution in [3.05, 3.63) is 58.1 Å². The van der Waals surface area contributed by atoms with Crippen LogP contribution in [0.5, 0.6) is 5.75 Å². The maximum atomic E-state index is 12.3. The minimum absolute atomic E-state index is 0.0954. The third kappa shape index (κ3) is 7.51. The molecule has 0 bridgehead atoms. The monoisotopic (exact) mass is 492 g/mol. The van der Waals surface area contributed by atoms with Gasteiger partial charge in [0.15, 0.2) is 16.4 Å². The predicted octanol–water partition coefficient (Wildman–Crippen LogP) is 4.75. The molecule has 2 rings (SSSR count). The minimum atomic E-state index is -3.32. The van der Waals surface area contributed by atoms with Crippen LogP contribution in [0.4, 0.5) is 0 Å². The predicted molar refractivity (Wildman–Crippen MR) is 120 cm³/mol. The lowest BCUT2D eigenvalue weighted by atomic mass is 10.1. The molecule has 2 aromatic rings. The first-order chi connectivity index (χ1) is 14.0. The molecule has 30 heavy (non-hydrogen) atoms. The van der Waals surface area contributed by atoms with E-state index in [0.717, 1.165) is 4.47 Å². The number of rotatable bonds is 6. The SMILES string of the molecule is CCCS(=O)(=O)c1cccc(C#Cc2cc(Br)ccc2OCC(=O)OC(C)(C)C)c1. The highest BCUT2D eigenvalue weighted by Gasteiger charge is 2.17. The van der Waals surface area contributed by atoms with Crippen molar-refractivity contribution in [1.82, 2.24) is 0 Å².